The molecule has 1 aromatic rings. The number of anilines is 1. The number of rotatable bonds is 2. The fourth-order valence-corrected chi connectivity index (χ4v) is 3.78. The second kappa shape index (κ2) is 5.41. The number of fused-ring (bicyclic) bond motifs is 1. The number of piperidine rings is 1. The van der Waals surface area contributed by atoms with Gasteiger partial charge in [-0.2, -0.15) is 5.10 Å². The second-order valence-corrected chi connectivity index (χ2v) is 6.02. The van der Waals surface area contributed by atoms with Crippen LogP contribution in [0, 0.1) is 5.92 Å². The summed E-state index contributed by atoms with van der Waals surface area (Å²) in [6, 6.07) is 2.49. The molecule has 0 aromatic carbocycles. The molecule has 2 heterocycles. The molecule has 0 bridgehead atoms. The van der Waals surface area contributed by atoms with Crippen molar-refractivity contribution in [2.75, 3.05) is 11.4 Å². The van der Waals surface area contributed by atoms with Crippen molar-refractivity contribution in [3.8, 4) is 0 Å². The Bertz CT molecular complexity index is 474. The molecule has 1 aliphatic heterocycles. The normalized spacial score (nSPS) is 26.8. The Morgan fingerprint density at radius 2 is 2.05 bits per heavy atom. The van der Waals surface area contributed by atoms with E-state index >= 15 is 0 Å². The fraction of sp³-hybridized carbons (Fsp3) is 0.643. The molecule has 4 nitrogen and oxygen atoms in total. The quantitative estimate of drug-likeness (QED) is 0.840. The van der Waals surface area contributed by atoms with E-state index in [0.717, 1.165) is 23.8 Å². The highest BCUT2D eigenvalue weighted by Gasteiger charge is 2.35. The van der Waals surface area contributed by atoms with Crippen molar-refractivity contribution in [1.29, 1.82) is 0 Å². The van der Waals surface area contributed by atoms with Crippen LogP contribution in [0.25, 0.3) is 0 Å². The summed E-state index contributed by atoms with van der Waals surface area (Å²) in [5, 5.41) is 8.36. The highest BCUT2D eigenvalue weighted by atomic mass is 32.1. The maximum absolute atomic E-state index is 5.83. The van der Waals surface area contributed by atoms with E-state index in [1.54, 1.807) is 6.20 Å². The predicted octanol–water partition coefficient (Wildman–Crippen LogP) is 2.27. The lowest BCUT2D eigenvalue weighted by molar-refractivity contribution is 0.242. The maximum atomic E-state index is 5.83. The van der Waals surface area contributed by atoms with Crippen LogP contribution in [0.1, 0.15) is 44.1 Å². The molecular weight excluding hydrogens is 256 g/mol. The average molecular weight is 276 g/mol. The van der Waals surface area contributed by atoms with E-state index in [0.29, 0.717) is 11.0 Å². The number of aromatic nitrogens is 2. The molecule has 19 heavy (non-hydrogen) atoms. The van der Waals surface area contributed by atoms with Gasteiger partial charge in [0.25, 0.3) is 0 Å². The van der Waals surface area contributed by atoms with Crippen molar-refractivity contribution < 1.29 is 0 Å². The van der Waals surface area contributed by atoms with Crippen molar-refractivity contribution in [2.24, 2.45) is 11.7 Å². The third-order valence-electron chi connectivity index (χ3n) is 4.48. The van der Waals surface area contributed by atoms with Gasteiger partial charge in [0.2, 0.25) is 0 Å². The number of thiocarbonyl (C=S) groups is 1. The van der Waals surface area contributed by atoms with Gasteiger partial charge in [0.15, 0.2) is 5.82 Å². The molecule has 1 saturated carbocycles. The Kier molecular flexibility index (Phi) is 3.64. The summed E-state index contributed by atoms with van der Waals surface area (Å²) in [6.45, 7) is 1.05. The summed E-state index contributed by atoms with van der Waals surface area (Å²) >= 11 is 5.15. The first-order valence-electron chi connectivity index (χ1n) is 7.15. The Morgan fingerprint density at radius 1 is 1.26 bits per heavy atom. The first-order chi connectivity index (χ1) is 9.27. The first-order valence-corrected chi connectivity index (χ1v) is 7.56. The highest BCUT2D eigenvalue weighted by Crippen LogP contribution is 2.37. The van der Waals surface area contributed by atoms with Gasteiger partial charge in [-0.15, -0.1) is 5.10 Å². The van der Waals surface area contributed by atoms with Crippen LogP contribution in [0.3, 0.4) is 0 Å². The summed E-state index contributed by atoms with van der Waals surface area (Å²) in [4.78, 5) is 2.83. The number of nitrogens with two attached hydrogens (primary N) is 1. The topological polar surface area (TPSA) is 55.0 Å². The molecule has 5 heteroatoms. The largest absolute Gasteiger partial charge is 0.389 e. The third-order valence-corrected chi connectivity index (χ3v) is 4.70. The molecule has 1 saturated heterocycles. The van der Waals surface area contributed by atoms with Gasteiger partial charge >= 0.3 is 0 Å². The van der Waals surface area contributed by atoms with E-state index in [1.807, 2.05) is 6.07 Å². The summed E-state index contributed by atoms with van der Waals surface area (Å²) in [7, 11) is 0. The van der Waals surface area contributed by atoms with Crippen molar-refractivity contribution >= 4 is 23.0 Å². The molecule has 2 atom stereocenters. The molecule has 0 radical (unpaired) electrons. The molecule has 0 amide bonds. The Labute approximate surface area is 119 Å². The zero-order chi connectivity index (χ0) is 13.2. The van der Waals surface area contributed by atoms with E-state index in [-0.39, 0.29) is 0 Å². The van der Waals surface area contributed by atoms with Gasteiger partial charge in [-0.1, -0.05) is 25.1 Å². The van der Waals surface area contributed by atoms with E-state index in [4.69, 9.17) is 18.0 Å². The van der Waals surface area contributed by atoms with Gasteiger partial charge in [-0.3, -0.25) is 0 Å². The SMILES string of the molecule is NC(=S)c1ccnnc1N1CCC[C@H]2CCCC[C@H]21. The van der Waals surface area contributed by atoms with Crippen molar-refractivity contribution in [1.82, 2.24) is 10.2 Å². The van der Waals surface area contributed by atoms with Crippen LogP contribution in [-0.4, -0.2) is 27.8 Å². The summed E-state index contributed by atoms with van der Waals surface area (Å²) in [5.41, 5.74) is 6.70. The Balaban J connectivity index is 1.94. The zero-order valence-electron chi connectivity index (χ0n) is 11.1. The van der Waals surface area contributed by atoms with E-state index in [1.165, 1.54) is 38.5 Å². The van der Waals surface area contributed by atoms with Gasteiger partial charge < -0.3 is 10.6 Å². The maximum Gasteiger partial charge on any atom is 0.161 e. The van der Waals surface area contributed by atoms with Crippen LogP contribution in [0.2, 0.25) is 0 Å². The third kappa shape index (κ3) is 2.43. The van der Waals surface area contributed by atoms with E-state index < -0.39 is 0 Å². The molecule has 3 rings (SSSR count). The number of nitrogens with zero attached hydrogens (tertiary/aromatic N) is 3. The van der Waals surface area contributed by atoms with Gasteiger partial charge in [0.05, 0.1) is 11.8 Å². The standard InChI is InChI=1S/C14H20N4S/c15-13(19)11-7-8-16-17-14(11)18-9-3-5-10-4-1-2-6-12(10)18/h7-8,10,12H,1-6,9H2,(H2,15,19)/t10-,12-/m1/s1. The first kappa shape index (κ1) is 12.8. The molecule has 0 spiro atoms. The second-order valence-electron chi connectivity index (χ2n) is 5.58. The molecule has 2 fully saturated rings. The predicted molar refractivity (Wildman–Crippen MR) is 80.2 cm³/mol. The minimum atomic E-state index is 0.419. The molecule has 0 unspecified atom stereocenters. The van der Waals surface area contributed by atoms with Crippen LogP contribution in [0.15, 0.2) is 12.3 Å². The lowest BCUT2D eigenvalue weighted by Crippen LogP contribution is -2.48. The molecule has 102 valence electrons. The average Bonchev–Trinajstić information content (AvgIpc) is 2.46. The molecule has 1 aliphatic carbocycles. The van der Waals surface area contributed by atoms with Crippen molar-refractivity contribution in [3.05, 3.63) is 17.8 Å². The van der Waals surface area contributed by atoms with Crippen LogP contribution in [0.5, 0.6) is 0 Å². The van der Waals surface area contributed by atoms with Gasteiger partial charge in [-0.25, -0.2) is 0 Å². The van der Waals surface area contributed by atoms with Gasteiger partial charge in [0, 0.05) is 12.6 Å². The lowest BCUT2D eigenvalue weighted by Gasteiger charge is -2.45. The smallest absolute Gasteiger partial charge is 0.161 e. The monoisotopic (exact) mass is 276 g/mol. The van der Waals surface area contributed by atoms with E-state index in [2.05, 4.69) is 15.1 Å². The molecule has 2 aliphatic rings. The van der Waals surface area contributed by atoms with Gasteiger partial charge in [-0.05, 0) is 37.7 Å². The van der Waals surface area contributed by atoms with Crippen molar-refractivity contribution in [2.45, 2.75) is 44.6 Å². The highest BCUT2D eigenvalue weighted by molar-refractivity contribution is 7.80. The number of hydrogen-bond donors (Lipinski definition) is 1. The van der Waals surface area contributed by atoms with Crippen LogP contribution in [-0.2, 0) is 0 Å². The molecular formula is C14H20N4S. The van der Waals surface area contributed by atoms with Gasteiger partial charge in [0.1, 0.15) is 4.99 Å². The van der Waals surface area contributed by atoms with Crippen LogP contribution in [0.4, 0.5) is 5.82 Å². The lowest BCUT2D eigenvalue weighted by atomic mass is 9.78. The summed E-state index contributed by atoms with van der Waals surface area (Å²) < 4.78 is 0. The fourth-order valence-electron chi connectivity index (χ4n) is 3.62. The van der Waals surface area contributed by atoms with E-state index in [9.17, 15) is 0 Å². The van der Waals surface area contributed by atoms with Crippen LogP contribution >= 0.6 is 12.2 Å². The Hall–Kier alpha value is -1.23. The minimum Gasteiger partial charge on any atom is -0.389 e. The van der Waals surface area contributed by atoms with Crippen molar-refractivity contribution in [3.63, 3.8) is 0 Å². The molecule has 1 aromatic heterocycles. The molecule has 2 N–H and O–H groups in total. The minimum absolute atomic E-state index is 0.419. The summed E-state index contributed by atoms with van der Waals surface area (Å²) in [5.74, 6) is 1.70. The zero-order valence-corrected chi connectivity index (χ0v) is 11.9. The number of hydrogen-bond acceptors (Lipinski definition) is 4. The summed E-state index contributed by atoms with van der Waals surface area (Å²) in [6.07, 6.45) is 9.55. The Morgan fingerprint density at radius 3 is 2.89 bits per heavy atom. The van der Waals surface area contributed by atoms with Crippen LogP contribution < -0.4 is 10.6 Å².